The zero-order valence-corrected chi connectivity index (χ0v) is 14.0. The van der Waals surface area contributed by atoms with E-state index in [9.17, 15) is 14.4 Å². The van der Waals surface area contributed by atoms with Crippen LogP contribution in [-0.2, 0) is 11.3 Å². The monoisotopic (exact) mass is 350 g/mol. The van der Waals surface area contributed by atoms with Gasteiger partial charge in [0.05, 0.1) is 17.2 Å². The molecule has 0 bridgehead atoms. The molecule has 0 aliphatic heterocycles. The first kappa shape index (κ1) is 17.3. The van der Waals surface area contributed by atoms with E-state index in [0.717, 1.165) is 0 Å². The Bertz CT molecular complexity index is 983. The number of para-hydroxylation sites is 2. The molecule has 1 heterocycles. The minimum Gasteiger partial charge on any atom is -0.353 e. The van der Waals surface area contributed by atoms with Crippen LogP contribution in [0, 0.1) is 0 Å². The van der Waals surface area contributed by atoms with Crippen LogP contribution in [0.25, 0.3) is 11.0 Å². The maximum atomic E-state index is 12.1. The molecule has 26 heavy (non-hydrogen) atoms. The lowest BCUT2D eigenvalue weighted by atomic mass is 10.2. The van der Waals surface area contributed by atoms with Crippen molar-refractivity contribution in [2.75, 3.05) is 13.1 Å². The fraction of sp³-hybridized carbons (Fsp3) is 0.158. The summed E-state index contributed by atoms with van der Waals surface area (Å²) in [6.45, 7) is 0.467. The van der Waals surface area contributed by atoms with E-state index in [2.05, 4.69) is 15.6 Å². The van der Waals surface area contributed by atoms with Crippen LogP contribution in [0.15, 0.2) is 65.6 Å². The molecule has 0 spiro atoms. The highest BCUT2D eigenvalue weighted by Gasteiger charge is 2.09. The second kappa shape index (κ2) is 8.06. The van der Waals surface area contributed by atoms with E-state index < -0.39 is 0 Å². The molecule has 2 aromatic carbocycles. The number of hydrogen-bond acceptors (Lipinski definition) is 4. The van der Waals surface area contributed by atoms with E-state index in [1.54, 1.807) is 42.5 Å². The van der Waals surface area contributed by atoms with Crippen LogP contribution in [0.2, 0.25) is 0 Å². The van der Waals surface area contributed by atoms with E-state index in [0.29, 0.717) is 23.1 Å². The molecule has 1 aromatic heterocycles. The lowest BCUT2D eigenvalue weighted by Gasteiger charge is -2.10. The molecule has 7 nitrogen and oxygen atoms in total. The van der Waals surface area contributed by atoms with Crippen molar-refractivity contribution in [1.82, 2.24) is 20.2 Å². The topological polar surface area (TPSA) is 93.1 Å². The Balaban J connectivity index is 1.53. The van der Waals surface area contributed by atoms with Gasteiger partial charge in [0.15, 0.2) is 0 Å². The lowest BCUT2D eigenvalue weighted by molar-refractivity contribution is -0.121. The van der Waals surface area contributed by atoms with Gasteiger partial charge in [-0.2, -0.15) is 0 Å². The Labute approximate surface area is 149 Å². The molecule has 2 N–H and O–H groups in total. The summed E-state index contributed by atoms with van der Waals surface area (Å²) in [5.41, 5.74) is 1.48. The maximum Gasteiger partial charge on any atom is 0.269 e. The molecule has 0 atom stereocenters. The Hall–Kier alpha value is -3.48. The molecule has 2 amide bonds. The number of nitrogens with one attached hydrogen (secondary N) is 2. The van der Waals surface area contributed by atoms with Crippen molar-refractivity contribution in [3.63, 3.8) is 0 Å². The van der Waals surface area contributed by atoms with Crippen LogP contribution in [0.5, 0.6) is 0 Å². The van der Waals surface area contributed by atoms with Crippen LogP contribution >= 0.6 is 0 Å². The summed E-state index contributed by atoms with van der Waals surface area (Å²) < 4.78 is 1.38. The summed E-state index contributed by atoms with van der Waals surface area (Å²) in [5.74, 6) is -0.506. The summed E-state index contributed by atoms with van der Waals surface area (Å²) in [4.78, 5) is 40.1. The minimum atomic E-state index is -0.337. The van der Waals surface area contributed by atoms with E-state index in [1.807, 2.05) is 12.1 Å². The van der Waals surface area contributed by atoms with Gasteiger partial charge in [0.25, 0.3) is 11.5 Å². The van der Waals surface area contributed by atoms with Gasteiger partial charge in [0, 0.05) is 18.7 Å². The highest BCUT2D eigenvalue weighted by atomic mass is 16.2. The van der Waals surface area contributed by atoms with Gasteiger partial charge >= 0.3 is 0 Å². The normalized spacial score (nSPS) is 10.5. The predicted octanol–water partition coefficient (Wildman–Crippen LogP) is 0.943. The van der Waals surface area contributed by atoms with Crippen LogP contribution in [-0.4, -0.2) is 34.5 Å². The van der Waals surface area contributed by atoms with Gasteiger partial charge in [-0.15, -0.1) is 0 Å². The third-order valence-electron chi connectivity index (χ3n) is 3.82. The highest BCUT2D eigenvalue weighted by Crippen LogP contribution is 2.07. The largest absolute Gasteiger partial charge is 0.353 e. The summed E-state index contributed by atoms with van der Waals surface area (Å²) in [6.07, 6.45) is 1.20. The average Bonchev–Trinajstić information content (AvgIpc) is 2.68. The molecule has 0 saturated heterocycles. The molecule has 0 unspecified atom stereocenters. The molecule has 0 radical (unpaired) electrons. The third-order valence-corrected chi connectivity index (χ3v) is 3.82. The number of amides is 2. The van der Waals surface area contributed by atoms with Gasteiger partial charge in [0.1, 0.15) is 6.54 Å². The summed E-state index contributed by atoms with van der Waals surface area (Å²) >= 11 is 0. The second-order valence-corrected chi connectivity index (χ2v) is 5.64. The van der Waals surface area contributed by atoms with Crippen molar-refractivity contribution in [2.24, 2.45) is 0 Å². The van der Waals surface area contributed by atoms with Crippen molar-refractivity contribution in [2.45, 2.75) is 6.54 Å². The minimum absolute atomic E-state index is 0.103. The van der Waals surface area contributed by atoms with Gasteiger partial charge in [-0.3, -0.25) is 19.0 Å². The van der Waals surface area contributed by atoms with E-state index in [1.165, 1.54) is 10.8 Å². The van der Waals surface area contributed by atoms with Crippen molar-refractivity contribution in [3.05, 3.63) is 76.7 Å². The third kappa shape index (κ3) is 4.13. The lowest BCUT2D eigenvalue weighted by Crippen LogP contribution is -2.37. The Kier molecular flexibility index (Phi) is 5.38. The van der Waals surface area contributed by atoms with Gasteiger partial charge < -0.3 is 10.6 Å². The Morgan fingerprint density at radius 2 is 1.62 bits per heavy atom. The quantitative estimate of drug-likeness (QED) is 0.647. The number of carbonyl (C=O) groups is 2. The zero-order chi connectivity index (χ0) is 18.4. The number of nitrogens with zero attached hydrogens (tertiary/aromatic N) is 2. The maximum absolute atomic E-state index is 12.1. The van der Waals surface area contributed by atoms with Crippen LogP contribution < -0.4 is 16.2 Å². The van der Waals surface area contributed by atoms with Crippen molar-refractivity contribution in [3.8, 4) is 0 Å². The predicted molar refractivity (Wildman–Crippen MR) is 97.8 cm³/mol. The molecular weight excluding hydrogens is 332 g/mol. The molecular formula is C19H18N4O3. The molecule has 0 aliphatic rings. The Morgan fingerprint density at radius 1 is 0.923 bits per heavy atom. The van der Waals surface area contributed by atoms with Crippen molar-refractivity contribution in [1.29, 1.82) is 0 Å². The molecule has 132 valence electrons. The van der Waals surface area contributed by atoms with E-state index in [4.69, 9.17) is 0 Å². The summed E-state index contributed by atoms with van der Waals surface area (Å²) in [5, 5.41) is 5.42. The van der Waals surface area contributed by atoms with E-state index in [-0.39, 0.29) is 30.5 Å². The van der Waals surface area contributed by atoms with Crippen LogP contribution in [0.3, 0.4) is 0 Å². The average molecular weight is 350 g/mol. The first-order chi connectivity index (χ1) is 12.6. The summed E-state index contributed by atoms with van der Waals surface area (Å²) in [7, 11) is 0. The first-order valence-corrected chi connectivity index (χ1v) is 8.19. The number of aromatic nitrogens is 2. The highest BCUT2D eigenvalue weighted by molar-refractivity contribution is 5.94. The van der Waals surface area contributed by atoms with Gasteiger partial charge in [-0.05, 0) is 24.3 Å². The molecule has 3 aromatic rings. The zero-order valence-electron chi connectivity index (χ0n) is 14.0. The number of rotatable bonds is 6. The van der Waals surface area contributed by atoms with Gasteiger partial charge in [-0.1, -0.05) is 30.3 Å². The standard InChI is InChI=1S/C19H18N4O3/c24-17(20-10-11-21-19(26)14-6-2-1-3-7-14)13-23-16-9-5-4-8-15(16)22-12-18(23)25/h1-9,12H,10-11,13H2,(H,20,24)(H,21,26). The van der Waals surface area contributed by atoms with Crippen LogP contribution in [0.4, 0.5) is 0 Å². The first-order valence-electron chi connectivity index (χ1n) is 8.19. The van der Waals surface area contributed by atoms with Gasteiger partial charge in [0.2, 0.25) is 5.91 Å². The second-order valence-electron chi connectivity index (χ2n) is 5.64. The molecule has 0 saturated carbocycles. The smallest absolute Gasteiger partial charge is 0.269 e. The molecule has 0 fully saturated rings. The molecule has 0 aliphatic carbocycles. The fourth-order valence-corrected chi connectivity index (χ4v) is 2.55. The number of fused-ring (bicyclic) bond motifs is 1. The Morgan fingerprint density at radius 3 is 2.42 bits per heavy atom. The molecule has 7 heteroatoms. The fourth-order valence-electron chi connectivity index (χ4n) is 2.55. The number of benzene rings is 2. The van der Waals surface area contributed by atoms with E-state index >= 15 is 0 Å². The number of carbonyl (C=O) groups excluding carboxylic acids is 2. The van der Waals surface area contributed by atoms with Crippen molar-refractivity contribution >= 4 is 22.8 Å². The van der Waals surface area contributed by atoms with Crippen LogP contribution in [0.1, 0.15) is 10.4 Å². The van der Waals surface area contributed by atoms with Crippen molar-refractivity contribution < 1.29 is 9.59 Å². The van der Waals surface area contributed by atoms with Gasteiger partial charge in [-0.25, -0.2) is 4.98 Å². The summed E-state index contributed by atoms with van der Waals surface area (Å²) in [6, 6.07) is 16.0. The number of hydrogen-bond donors (Lipinski definition) is 2. The molecule has 3 rings (SSSR count). The SMILES string of the molecule is O=C(Cn1c(=O)cnc2ccccc21)NCCNC(=O)c1ccccc1.